The third-order valence-corrected chi connectivity index (χ3v) is 7.72. The fourth-order valence-electron chi connectivity index (χ4n) is 6.31. The third-order valence-electron chi connectivity index (χ3n) is 7.72. The summed E-state index contributed by atoms with van der Waals surface area (Å²) in [6, 6.07) is 0. The fraction of sp³-hybridized carbons (Fsp3) is 0.818. The van der Waals surface area contributed by atoms with Gasteiger partial charge in [0.25, 0.3) is 0 Å². The van der Waals surface area contributed by atoms with Crippen molar-refractivity contribution < 1.29 is 23.8 Å². The Kier molecular flexibility index (Phi) is 4.99. The van der Waals surface area contributed by atoms with E-state index in [0.29, 0.717) is 11.5 Å². The lowest BCUT2D eigenvalue weighted by Gasteiger charge is -2.61. The van der Waals surface area contributed by atoms with Gasteiger partial charge in [0.2, 0.25) is 0 Å². The second-order valence-corrected chi connectivity index (χ2v) is 9.79. The highest BCUT2D eigenvalue weighted by molar-refractivity contribution is 5.91. The van der Waals surface area contributed by atoms with E-state index >= 15 is 0 Å². The second-order valence-electron chi connectivity index (χ2n) is 9.79. The first-order valence-electron chi connectivity index (χ1n) is 10.1. The van der Waals surface area contributed by atoms with E-state index in [0.717, 1.165) is 32.1 Å². The van der Waals surface area contributed by atoms with Gasteiger partial charge in [-0.25, -0.2) is 4.79 Å². The first-order valence-corrected chi connectivity index (χ1v) is 10.1. The second kappa shape index (κ2) is 6.61. The van der Waals surface area contributed by atoms with E-state index in [1.54, 1.807) is 0 Å². The molecule has 0 radical (unpaired) electrons. The van der Waals surface area contributed by atoms with Crippen LogP contribution < -0.4 is 0 Å². The first kappa shape index (κ1) is 20.4. The van der Waals surface area contributed by atoms with Gasteiger partial charge in [-0.05, 0) is 50.4 Å². The van der Waals surface area contributed by atoms with Crippen LogP contribution in [0.2, 0.25) is 0 Å². The molecule has 2 aliphatic carbocycles. The van der Waals surface area contributed by atoms with Crippen LogP contribution in [0, 0.1) is 16.7 Å². The van der Waals surface area contributed by atoms with Crippen LogP contribution >= 0.6 is 0 Å². The number of hydrogen-bond donors (Lipinski definition) is 0. The average Bonchev–Trinajstić information content (AvgIpc) is 2.94. The van der Waals surface area contributed by atoms with Crippen LogP contribution in [-0.2, 0) is 23.8 Å². The Hall–Kier alpha value is -1.36. The van der Waals surface area contributed by atoms with Gasteiger partial charge in [0.1, 0.15) is 5.60 Å². The predicted octanol–water partition coefficient (Wildman–Crippen LogP) is 4.19. The highest BCUT2D eigenvalue weighted by Gasteiger charge is 2.66. The topological polar surface area (TPSA) is 61.8 Å². The van der Waals surface area contributed by atoms with Gasteiger partial charge in [0.15, 0.2) is 0 Å². The molecule has 3 aliphatic rings. The Bertz CT molecular complexity index is 666. The number of methoxy groups -OCH3 is 2. The molecule has 5 heteroatoms. The van der Waals surface area contributed by atoms with Crippen LogP contribution in [0.25, 0.3) is 0 Å². The van der Waals surface area contributed by atoms with Gasteiger partial charge in [-0.15, -0.1) is 0 Å². The maximum atomic E-state index is 12.7. The molecule has 1 aliphatic heterocycles. The van der Waals surface area contributed by atoms with Crippen LogP contribution in [0.1, 0.15) is 72.6 Å². The summed E-state index contributed by atoms with van der Waals surface area (Å²) in [5.41, 5.74) is -0.671. The Morgan fingerprint density at radius 1 is 1.07 bits per heavy atom. The van der Waals surface area contributed by atoms with Crippen LogP contribution in [0.15, 0.2) is 11.6 Å². The average molecular weight is 379 g/mol. The van der Waals surface area contributed by atoms with Gasteiger partial charge >= 0.3 is 11.9 Å². The largest absolute Gasteiger partial charge is 0.469 e. The number of allylic oxidation sites excluding steroid dienone is 1. The summed E-state index contributed by atoms with van der Waals surface area (Å²) >= 11 is 0. The molecule has 1 heterocycles. The monoisotopic (exact) mass is 378 g/mol. The number of ether oxygens (including phenoxy) is 3. The number of fused-ring (bicyclic) bond motifs is 2. The van der Waals surface area contributed by atoms with Crippen molar-refractivity contribution in [2.24, 2.45) is 16.7 Å². The molecule has 0 amide bonds. The van der Waals surface area contributed by atoms with Crippen molar-refractivity contribution >= 4 is 11.9 Å². The Labute approximate surface area is 162 Å². The maximum Gasteiger partial charge on any atom is 0.336 e. The van der Waals surface area contributed by atoms with E-state index in [2.05, 4.69) is 26.8 Å². The quantitative estimate of drug-likeness (QED) is 0.689. The summed E-state index contributed by atoms with van der Waals surface area (Å²) in [6.45, 7) is 8.93. The highest BCUT2D eigenvalue weighted by Crippen LogP contribution is 2.66. The standard InChI is InChI=1S/C22H34O5/c1-19(2)10-7-11-21(4)16(19)9-8-15(18(24)26-6)22(21)13-12-20(3,27-22)14-17(23)25-5/h8,16H,7,9-14H2,1-6H3/t16-,20-,21-,22+/m0/s1. The van der Waals surface area contributed by atoms with Gasteiger partial charge in [0, 0.05) is 5.41 Å². The van der Waals surface area contributed by atoms with Crippen molar-refractivity contribution in [3.8, 4) is 0 Å². The minimum atomic E-state index is -0.705. The molecule has 3 rings (SSSR count). The summed E-state index contributed by atoms with van der Waals surface area (Å²) in [4.78, 5) is 24.7. The van der Waals surface area contributed by atoms with Crippen molar-refractivity contribution in [2.45, 2.75) is 83.8 Å². The van der Waals surface area contributed by atoms with Crippen molar-refractivity contribution in [1.82, 2.24) is 0 Å². The zero-order chi connectivity index (χ0) is 20.1. The molecule has 0 bridgehead atoms. The van der Waals surface area contributed by atoms with E-state index < -0.39 is 11.2 Å². The van der Waals surface area contributed by atoms with Crippen LogP contribution in [0.4, 0.5) is 0 Å². The molecular formula is C22H34O5. The summed E-state index contributed by atoms with van der Waals surface area (Å²) < 4.78 is 16.8. The molecule has 2 fully saturated rings. The van der Waals surface area contributed by atoms with Crippen LogP contribution in [0.3, 0.4) is 0 Å². The first-order chi connectivity index (χ1) is 12.5. The summed E-state index contributed by atoms with van der Waals surface area (Å²) in [7, 11) is 2.83. The lowest BCUT2D eigenvalue weighted by atomic mass is 9.46. The van der Waals surface area contributed by atoms with Gasteiger partial charge in [-0.1, -0.05) is 33.3 Å². The molecule has 5 nitrogen and oxygen atoms in total. The van der Waals surface area contributed by atoms with E-state index in [4.69, 9.17) is 14.2 Å². The van der Waals surface area contributed by atoms with Crippen LogP contribution in [0.5, 0.6) is 0 Å². The molecule has 0 aromatic carbocycles. The Morgan fingerprint density at radius 2 is 1.78 bits per heavy atom. The number of carbonyl (C=O) groups excluding carboxylic acids is 2. The molecule has 152 valence electrons. The lowest BCUT2D eigenvalue weighted by Crippen LogP contribution is -2.61. The van der Waals surface area contributed by atoms with Crippen molar-refractivity contribution in [3.63, 3.8) is 0 Å². The normalized spacial score (nSPS) is 40.2. The number of esters is 2. The lowest BCUT2D eigenvalue weighted by molar-refractivity contribution is -0.197. The highest BCUT2D eigenvalue weighted by atomic mass is 16.6. The fourth-order valence-corrected chi connectivity index (χ4v) is 6.31. The Balaban J connectivity index is 2.08. The number of rotatable bonds is 3. The van der Waals surface area contributed by atoms with Gasteiger partial charge in [-0.3, -0.25) is 4.79 Å². The van der Waals surface area contributed by atoms with E-state index in [1.807, 2.05) is 6.92 Å². The predicted molar refractivity (Wildman–Crippen MR) is 102 cm³/mol. The zero-order valence-electron chi connectivity index (χ0n) is 17.6. The summed E-state index contributed by atoms with van der Waals surface area (Å²) in [5.74, 6) is -0.160. The van der Waals surface area contributed by atoms with E-state index in [-0.39, 0.29) is 29.2 Å². The molecule has 0 aromatic heterocycles. The van der Waals surface area contributed by atoms with Gasteiger partial charge < -0.3 is 14.2 Å². The molecule has 0 unspecified atom stereocenters. The molecule has 1 saturated carbocycles. The van der Waals surface area contributed by atoms with Crippen molar-refractivity contribution in [1.29, 1.82) is 0 Å². The minimum Gasteiger partial charge on any atom is -0.469 e. The van der Waals surface area contributed by atoms with E-state index in [1.165, 1.54) is 20.6 Å². The maximum absolute atomic E-state index is 12.7. The number of hydrogen-bond acceptors (Lipinski definition) is 5. The van der Waals surface area contributed by atoms with Crippen molar-refractivity contribution in [2.75, 3.05) is 14.2 Å². The molecule has 1 saturated heterocycles. The molecule has 0 aromatic rings. The smallest absolute Gasteiger partial charge is 0.336 e. The molecule has 0 N–H and O–H groups in total. The zero-order valence-corrected chi connectivity index (χ0v) is 17.6. The molecular weight excluding hydrogens is 344 g/mol. The Morgan fingerprint density at radius 3 is 2.41 bits per heavy atom. The SMILES string of the molecule is COC(=O)C[C@]1(C)CC[C@@]2(O1)C(C(=O)OC)=CC[C@H]1C(C)(C)CCC[C@@]12C. The minimum absolute atomic E-state index is 0.166. The van der Waals surface area contributed by atoms with E-state index in [9.17, 15) is 9.59 Å². The molecule has 1 spiro atoms. The van der Waals surface area contributed by atoms with Crippen LogP contribution in [-0.4, -0.2) is 37.4 Å². The summed E-state index contributed by atoms with van der Waals surface area (Å²) in [5, 5.41) is 0. The third kappa shape index (κ3) is 3.02. The molecule has 4 atom stereocenters. The summed E-state index contributed by atoms with van der Waals surface area (Å²) in [6.07, 6.45) is 7.89. The van der Waals surface area contributed by atoms with Crippen molar-refractivity contribution in [3.05, 3.63) is 11.6 Å². The van der Waals surface area contributed by atoms with Gasteiger partial charge in [-0.2, -0.15) is 0 Å². The number of carbonyl (C=O) groups is 2. The molecule has 27 heavy (non-hydrogen) atoms. The van der Waals surface area contributed by atoms with Gasteiger partial charge in [0.05, 0.1) is 31.8 Å².